The monoisotopic (exact) mass is 166 g/mol. The molecule has 1 nitrogen and oxygen atoms in total. The van der Waals surface area contributed by atoms with Crippen LogP contribution in [0, 0.1) is 0 Å². The van der Waals surface area contributed by atoms with E-state index < -0.39 is 6.17 Å². The van der Waals surface area contributed by atoms with Crippen molar-refractivity contribution in [2.75, 3.05) is 7.11 Å². The maximum Gasteiger partial charge on any atom is 0.118 e. The van der Waals surface area contributed by atoms with Gasteiger partial charge in [-0.25, -0.2) is 4.39 Å². The van der Waals surface area contributed by atoms with Gasteiger partial charge >= 0.3 is 0 Å². The first-order valence-corrected chi connectivity index (χ1v) is 4.09. The summed E-state index contributed by atoms with van der Waals surface area (Å²) >= 11 is 0. The average molecular weight is 166 g/mol. The van der Waals surface area contributed by atoms with Crippen LogP contribution in [-0.2, 0) is 0 Å². The maximum atomic E-state index is 12.6. The van der Waals surface area contributed by atoms with Crippen molar-refractivity contribution in [2.24, 2.45) is 0 Å². The lowest BCUT2D eigenvalue weighted by Crippen LogP contribution is -1.85. The highest BCUT2D eigenvalue weighted by Crippen LogP contribution is 2.43. The molecule has 0 aromatic heterocycles. The molecule has 0 saturated heterocycles. The highest BCUT2D eigenvalue weighted by molar-refractivity contribution is 5.32. The lowest BCUT2D eigenvalue weighted by molar-refractivity contribution is 0.414. The fraction of sp³-hybridized carbons (Fsp3) is 0.400. The smallest absolute Gasteiger partial charge is 0.118 e. The molecule has 1 fully saturated rings. The Morgan fingerprint density at radius 3 is 2.33 bits per heavy atom. The second-order valence-corrected chi connectivity index (χ2v) is 3.13. The number of halogens is 1. The Balaban J connectivity index is 2.14. The van der Waals surface area contributed by atoms with Crippen molar-refractivity contribution < 1.29 is 9.13 Å². The van der Waals surface area contributed by atoms with Gasteiger partial charge in [0.2, 0.25) is 0 Å². The van der Waals surface area contributed by atoms with Crippen molar-refractivity contribution in [1.82, 2.24) is 0 Å². The van der Waals surface area contributed by atoms with Crippen molar-refractivity contribution in [1.29, 1.82) is 0 Å². The minimum absolute atomic E-state index is 0.149. The molecule has 1 saturated carbocycles. The van der Waals surface area contributed by atoms with Crippen LogP contribution < -0.4 is 4.74 Å². The molecule has 2 atom stereocenters. The van der Waals surface area contributed by atoms with Crippen molar-refractivity contribution in [2.45, 2.75) is 18.5 Å². The van der Waals surface area contributed by atoms with E-state index in [1.54, 1.807) is 7.11 Å². The molecule has 1 aromatic rings. The summed E-state index contributed by atoms with van der Waals surface area (Å²) in [6.07, 6.45) is 0.0742. The van der Waals surface area contributed by atoms with Crippen LogP contribution in [0.3, 0.4) is 0 Å². The SMILES string of the molecule is COc1ccc([C@@H]2C[C@H]2F)cc1. The van der Waals surface area contributed by atoms with Gasteiger partial charge in [-0.3, -0.25) is 0 Å². The van der Waals surface area contributed by atoms with Gasteiger partial charge in [0.15, 0.2) is 0 Å². The topological polar surface area (TPSA) is 9.23 Å². The molecule has 0 spiro atoms. The van der Waals surface area contributed by atoms with Crippen LogP contribution in [0.15, 0.2) is 24.3 Å². The molecule has 12 heavy (non-hydrogen) atoms. The van der Waals surface area contributed by atoms with E-state index in [1.807, 2.05) is 24.3 Å². The molecule has 2 heteroatoms. The van der Waals surface area contributed by atoms with Crippen LogP contribution in [0.2, 0.25) is 0 Å². The number of hydrogen-bond acceptors (Lipinski definition) is 1. The zero-order valence-electron chi connectivity index (χ0n) is 6.96. The van der Waals surface area contributed by atoms with Crippen LogP contribution in [0.5, 0.6) is 5.75 Å². The number of benzene rings is 1. The molecule has 0 amide bonds. The van der Waals surface area contributed by atoms with E-state index >= 15 is 0 Å². The van der Waals surface area contributed by atoms with E-state index in [1.165, 1.54) is 0 Å². The Kier molecular flexibility index (Phi) is 1.75. The molecule has 64 valence electrons. The Labute approximate surface area is 71.2 Å². The highest BCUT2D eigenvalue weighted by atomic mass is 19.1. The van der Waals surface area contributed by atoms with Crippen LogP contribution in [-0.4, -0.2) is 13.3 Å². The quantitative estimate of drug-likeness (QED) is 0.656. The Morgan fingerprint density at radius 2 is 1.92 bits per heavy atom. The molecule has 0 unspecified atom stereocenters. The van der Waals surface area contributed by atoms with Crippen molar-refractivity contribution in [3.63, 3.8) is 0 Å². The van der Waals surface area contributed by atoms with Crippen LogP contribution in [0.25, 0.3) is 0 Å². The summed E-state index contributed by atoms with van der Waals surface area (Å²) in [6, 6.07) is 7.62. The normalized spacial score (nSPS) is 26.8. The Bertz CT molecular complexity index is 268. The fourth-order valence-corrected chi connectivity index (χ4v) is 1.36. The van der Waals surface area contributed by atoms with E-state index in [4.69, 9.17) is 4.74 Å². The molecule has 1 aliphatic rings. The molecular weight excluding hydrogens is 155 g/mol. The lowest BCUT2D eigenvalue weighted by Gasteiger charge is -2.00. The number of ether oxygens (including phenoxy) is 1. The molecule has 1 aromatic carbocycles. The molecule has 1 aliphatic carbocycles. The molecular formula is C10H11FO. The number of methoxy groups -OCH3 is 1. The third kappa shape index (κ3) is 1.29. The van der Waals surface area contributed by atoms with Gasteiger partial charge in [0.25, 0.3) is 0 Å². The molecule has 0 bridgehead atoms. The fourth-order valence-electron chi connectivity index (χ4n) is 1.36. The van der Waals surface area contributed by atoms with Gasteiger partial charge in [-0.2, -0.15) is 0 Å². The molecule has 0 aliphatic heterocycles. The third-order valence-corrected chi connectivity index (χ3v) is 2.26. The predicted molar refractivity (Wildman–Crippen MR) is 45.2 cm³/mol. The van der Waals surface area contributed by atoms with E-state index in [2.05, 4.69) is 0 Å². The van der Waals surface area contributed by atoms with Crippen molar-refractivity contribution in [3.8, 4) is 5.75 Å². The summed E-state index contributed by atoms with van der Waals surface area (Å²) in [5.41, 5.74) is 1.09. The Morgan fingerprint density at radius 1 is 1.33 bits per heavy atom. The van der Waals surface area contributed by atoms with Gasteiger partial charge in [0.1, 0.15) is 11.9 Å². The Hall–Kier alpha value is -1.05. The summed E-state index contributed by atoms with van der Waals surface area (Å²) in [5.74, 6) is 0.978. The zero-order valence-corrected chi connectivity index (χ0v) is 6.96. The van der Waals surface area contributed by atoms with Gasteiger partial charge in [-0.15, -0.1) is 0 Å². The van der Waals surface area contributed by atoms with E-state index in [9.17, 15) is 4.39 Å². The number of rotatable bonds is 2. The van der Waals surface area contributed by atoms with Gasteiger partial charge in [0, 0.05) is 5.92 Å². The van der Waals surface area contributed by atoms with Gasteiger partial charge in [-0.05, 0) is 24.1 Å². The number of alkyl halides is 1. The second kappa shape index (κ2) is 2.77. The largest absolute Gasteiger partial charge is 0.497 e. The first-order chi connectivity index (χ1) is 5.81. The van der Waals surface area contributed by atoms with Crippen LogP contribution in [0.4, 0.5) is 4.39 Å². The summed E-state index contributed by atoms with van der Waals surface area (Å²) in [5, 5.41) is 0. The summed E-state index contributed by atoms with van der Waals surface area (Å²) in [6.45, 7) is 0. The van der Waals surface area contributed by atoms with E-state index in [0.717, 1.165) is 11.3 Å². The molecule has 2 rings (SSSR count). The van der Waals surface area contributed by atoms with Crippen LogP contribution >= 0.6 is 0 Å². The predicted octanol–water partition coefficient (Wildman–Crippen LogP) is 2.52. The van der Waals surface area contributed by atoms with Crippen LogP contribution in [0.1, 0.15) is 17.9 Å². The lowest BCUT2D eigenvalue weighted by atomic mass is 10.1. The van der Waals surface area contributed by atoms with Gasteiger partial charge in [0.05, 0.1) is 7.11 Å². The number of hydrogen-bond donors (Lipinski definition) is 0. The summed E-state index contributed by atoms with van der Waals surface area (Å²) in [4.78, 5) is 0. The van der Waals surface area contributed by atoms with Crippen molar-refractivity contribution in [3.05, 3.63) is 29.8 Å². The molecule has 0 heterocycles. The standard InChI is InChI=1S/C10H11FO/c1-12-8-4-2-7(3-5-8)9-6-10(9)11/h2-5,9-10H,6H2,1H3/t9-,10+/m0/s1. The van der Waals surface area contributed by atoms with E-state index in [-0.39, 0.29) is 5.92 Å². The highest BCUT2D eigenvalue weighted by Gasteiger charge is 2.38. The van der Waals surface area contributed by atoms with E-state index in [0.29, 0.717) is 6.42 Å². The third-order valence-electron chi connectivity index (χ3n) is 2.26. The zero-order chi connectivity index (χ0) is 8.55. The van der Waals surface area contributed by atoms with Gasteiger partial charge in [-0.1, -0.05) is 12.1 Å². The van der Waals surface area contributed by atoms with Crippen molar-refractivity contribution >= 4 is 0 Å². The second-order valence-electron chi connectivity index (χ2n) is 3.13. The maximum absolute atomic E-state index is 12.6. The summed E-state index contributed by atoms with van der Waals surface area (Å²) in [7, 11) is 1.63. The molecule has 0 radical (unpaired) electrons. The first kappa shape index (κ1) is 7.59. The molecule has 0 N–H and O–H groups in total. The average Bonchev–Trinajstić information content (AvgIpc) is 2.83. The summed E-state index contributed by atoms with van der Waals surface area (Å²) < 4.78 is 17.6. The first-order valence-electron chi connectivity index (χ1n) is 4.09. The minimum atomic E-state index is -0.613. The minimum Gasteiger partial charge on any atom is -0.497 e. The van der Waals surface area contributed by atoms with Gasteiger partial charge < -0.3 is 4.74 Å².